The molecule has 1 aromatic heterocycles. The Bertz CT molecular complexity index is 1340. The van der Waals surface area contributed by atoms with Crippen molar-refractivity contribution in [2.45, 2.75) is 4.90 Å². The number of non-ortho nitro benzene ring substituents is 2. The highest BCUT2D eigenvalue weighted by molar-refractivity contribution is 7.89. The molecule has 1 aliphatic heterocycles. The van der Waals surface area contributed by atoms with Gasteiger partial charge in [0.05, 0.1) is 20.3 Å². The summed E-state index contributed by atoms with van der Waals surface area (Å²) < 4.78 is 26.9. The van der Waals surface area contributed by atoms with E-state index in [0.717, 1.165) is 6.07 Å². The van der Waals surface area contributed by atoms with E-state index in [-0.39, 0.29) is 53.9 Å². The van der Waals surface area contributed by atoms with E-state index in [1.807, 2.05) is 0 Å². The number of sulfonamides is 1. The number of benzene rings is 2. The van der Waals surface area contributed by atoms with Crippen molar-refractivity contribution < 1.29 is 23.1 Å². The number of aromatic nitrogens is 1. The third-order valence-electron chi connectivity index (χ3n) is 5.30. The number of aromatic amines is 1. The number of nitro benzene ring substituents is 2. The lowest BCUT2D eigenvalue weighted by Crippen LogP contribution is -2.50. The van der Waals surface area contributed by atoms with Crippen LogP contribution in [0.3, 0.4) is 0 Å². The van der Waals surface area contributed by atoms with Gasteiger partial charge in [0, 0.05) is 67.5 Å². The normalized spacial score (nSPS) is 15.1. The first kappa shape index (κ1) is 21.4. The Balaban J connectivity index is 1.51. The van der Waals surface area contributed by atoms with Gasteiger partial charge < -0.3 is 9.88 Å². The van der Waals surface area contributed by atoms with Crippen LogP contribution < -0.4 is 0 Å². The summed E-state index contributed by atoms with van der Waals surface area (Å²) in [5, 5.41) is 22.4. The minimum Gasteiger partial charge on any atom is -0.360 e. The molecule has 1 fully saturated rings. The van der Waals surface area contributed by atoms with Crippen molar-refractivity contribution >= 4 is 38.2 Å². The van der Waals surface area contributed by atoms with Crippen LogP contribution in [0.5, 0.6) is 0 Å². The lowest BCUT2D eigenvalue weighted by atomic mass is 10.1. The van der Waals surface area contributed by atoms with Crippen LogP contribution >= 0.6 is 0 Å². The molecule has 2 aromatic carbocycles. The van der Waals surface area contributed by atoms with Crippen LogP contribution in [-0.2, 0) is 10.0 Å². The van der Waals surface area contributed by atoms with Gasteiger partial charge in [0.2, 0.25) is 10.0 Å². The molecule has 13 heteroatoms. The Hall–Kier alpha value is -3.84. The van der Waals surface area contributed by atoms with Crippen molar-refractivity contribution in [2.75, 3.05) is 26.2 Å². The topological polar surface area (TPSA) is 160 Å². The Morgan fingerprint density at radius 1 is 0.938 bits per heavy atom. The Morgan fingerprint density at radius 3 is 2.25 bits per heavy atom. The van der Waals surface area contributed by atoms with Crippen molar-refractivity contribution in [1.82, 2.24) is 14.2 Å². The van der Waals surface area contributed by atoms with Gasteiger partial charge in [-0.05, 0) is 12.1 Å². The molecule has 1 saturated heterocycles. The molecule has 0 bridgehead atoms. The number of carbonyl (C=O) groups is 1. The number of nitrogens with one attached hydrogen (secondary N) is 1. The zero-order valence-corrected chi connectivity index (χ0v) is 17.3. The van der Waals surface area contributed by atoms with E-state index in [1.165, 1.54) is 51.8 Å². The van der Waals surface area contributed by atoms with Gasteiger partial charge >= 0.3 is 0 Å². The van der Waals surface area contributed by atoms with Gasteiger partial charge in [-0.1, -0.05) is 6.07 Å². The molecule has 32 heavy (non-hydrogen) atoms. The van der Waals surface area contributed by atoms with Crippen LogP contribution in [0, 0.1) is 20.2 Å². The fourth-order valence-electron chi connectivity index (χ4n) is 3.61. The zero-order valence-electron chi connectivity index (χ0n) is 16.5. The van der Waals surface area contributed by atoms with E-state index in [9.17, 15) is 33.4 Å². The second-order valence-corrected chi connectivity index (χ2v) is 9.08. The van der Waals surface area contributed by atoms with Crippen molar-refractivity contribution in [3.05, 3.63) is 74.5 Å². The number of hydrogen-bond donors (Lipinski definition) is 1. The Kier molecular flexibility index (Phi) is 5.36. The van der Waals surface area contributed by atoms with Crippen LogP contribution in [0.1, 0.15) is 10.4 Å². The van der Waals surface area contributed by atoms with Crippen LogP contribution in [0.25, 0.3) is 10.9 Å². The van der Waals surface area contributed by atoms with Gasteiger partial charge in [-0.2, -0.15) is 4.31 Å². The highest BCUT2D eigenvalue weighted by Gasteiger charge is 2.32. The second kappa shape index (κ2) is 8.01. The molecule has 2 heterocycles. The maximum Gasteiger partial charge on any atom is 0.270 e. The summed E-state index contributed by atoms with van der Waals surface area (Å²) in [5.74, 6) is -0.371. The highest BCUT2D eigenvalue weighted by Crippen LogP contribution is 2.26. The molecule has 3 aromatic rings. The van der Waals surface area contributed by atoms with Gasteiger partial charge in [-0.15, -0.1) is 0 Å². The number of fused-ring (bicyclic) bond motifs is 1. The SMILES string of the molecule is O=C(c1c[nH]c2ccc([N+](=O)[O-])cc12)N1CCN(S(=O)(=O)c2cccc([N+](=O)[O-])c2)CC1. The van der Waals surface area contributed by atoms with Crippen molar-refractivity contribution in [3.8, 4) is 0 Å². The molecule has 1 amide bonds. The number of rotatable bonds is 5. The molecule has 166 valence electrons. The van der Waals surface area contributed by atoms with Crippen molar-refractivity contribution in [1.29, 1.82) is 0 Å². The average molecular weight is 459 g/mol. The van der Waals surface area contributed by atoms with Crippen LogP contribution in [0.4, 0.5) is 11.4 Å². The molecule has 12 nitrogen and oxygen atoms in total. The summed E-state index contributed by atoms with van der Waals surface area (Å²) in [5.41, 5.74) is 0.372. The molecule has 1 N–H and O–H groups in total. The lowest BCUT2D eigenvalue weighted by molar-refractivity contribution is -0.385. The van der Waals surface area contributed by atoms with Crippen molar-refractivity contribution in [3.63, 3.8) is 0 Å². The number of nitrogens with zero attached hydrogens (tertiary/aromatic N) is 4. The number of H-pyrrole nitrogens is 1. The minimum absolute atomic E-state index is 0.0132. The Morgan fingerprint density at radius 2 is 1.59 bits per heavy atom. The average Bonchev–Trinajstić information content (AvgIpc) is 3.22. The number of carbonyl (C=O) groups excluding carboxylic acids is 1. The second-order valence-electron chi connectivity index (χ2n) is 7.14. The molecule has 0 radical (unpaired) electrons. The molecule has 0 unspecified atom stereocenters. The van der Waals surface area contributed by atoms with Gasteiger partial charge in [-0.3, -0.25) is 25.0 Å². The van der Waals surface area contributed by atoms with E-state index in [2.05, 4.69) is 4.98 Å². The number of amides is 1. The lowest BCUT2D eigenvalue weighted by Gasteiger charge is -2.33. The van der Waals surface area contributed by atoms with Crippen LogP contribution in [-0.4, -0.2) is 64.5 Å². The number of piperazine rings is 1. The first-order chi connectivity index (χ1) is 15.2. The maximum atomic E-state index is 13.0. The summed E-state index contributed by atoms with van der Waals surface area (Å²) in [6, 6.07) is 8.99. The molecule has 4 rings (SSSR count). The summed E-state index contributed by atoms with van der Waals surface area (Å²) in [7, 11) is -3.96. The number of hydrogen-bond acceptors (Lipinski definition) is 7. The van der Waals surface area contributed by atoms with Crippen molar-refractivity contribution in [2.24, 2.45) is 0 Å². The fourth-order valence-corrected chi connectivity index (χ4v) is 5.07. The first-order valence-corrected chi connectivity index (χ1v) is 10.9. The maximum absolute atomic E-state index is 13.0. The quantitative estimate of drug-likeness (QED) is 0.452. The predicted molar refractivity (Wildman–Crippen MR) is 113 cm³/mol. The van der Waals surface area contributed by atoms with E-state index in [0.29, 0.717) is 10.9 Å². The largest absolute Gasteiger partial charge is 0.360 e. The standard InChI is InChI=1S/C19H17N5O7S/c25-19(17-12-20-18-5-4-14(24(28)29)11-16(17)18)21-6-8-22(9-7-21)32(30,31)15-3-1-2-13(10-15)23(26)27/h1-5,10-12,20H,6-9H2. The van der Waals surface area contributed by atoms with Gasteiger partial charge in [0.1, 0.15) is 0 Å². The fraction of sp³-hybridized carbons (Fsp3) is 0.211. The van der Waals surface area contributed by atoms with E-state index < -0.39 is 19.9 Å². The van der Waals surface area contributed by atoms with Crippen LogP contribution in [0.15, 0.2) is 53.6 Å². The predicted octanol–water partition coefficient (Wildman–Crippen LogP) is 2.13. The first-order valence-electron chi connectivity index (χ1n) is 9.48. The van der Waals surface area contributed by atoms with Gasteiger partial charge in [0.25, 0.3) is 17.3 Å². The molecule has 0 aliphatic carbocycles. The molecule has 1 aliphatic rings. The molecular weight excluding hydrogens is 442 g/mol. The smallest absolute Gasteiger partial charge is 0.270 e. The van der Waals surface area contributed by atoms with E-state index >= 15 is 0 Å². The third kappa shape index (κ3) is 3.78. The summed E-state index contributed by atoms with van der Waals surface area (Å²) in [6.45, 7) is 0.238. The molecule has 0 spiro atoms. The number of nitro groups is 2. The van der Waals surface area contributed by atoms with Gasteiger partial charge in [0.15, 0.2) is 0 Å². The highest BCUT2D eigenvalue weighted by atomic mass is 32.2. The summed E-state index contributed by atoms with van der Waals surface area (Å²) >= 11 is 0. The van der Waals surface area contributed by atoms with Crippen LogP contribution in [0.2, 0.25) is 0 Å². The zero-order chi connectivity index (χ0) is 23.0. The molecule has 0 saturated carbocycles. The third-order valence-corrected chi connectivity index (χ3v) is 7.19. The monoisotopic (exact) mass is 459 g/mol. The Labute approximate surface area is 181 Å². The van der Waals surface area contributed by atoms with Gasteiger partial charge in [-0.25, -0.2) is 8.42 Å². The molecular formula is C19H17N5O7S. The molecule has 0 atom stereocenters. The minimum atomic E-state index is -3.96. The summed E-state index contributed by atoms with van der Waals surface area (Å²) in [4.78, 5) is 38.0. The van der Waals surface area contributed by atoms with E-state index in [4.69, 9.17) is 0 Å². The van der Waals surface area contributed by atoms with E-state index in [1.54, 1.807) is 0 Å². The summed E-state index contributed by atoms with van der Waals surface area (Å²) in [6.07, 6.45) is 1.48.